The maximum atomic E-state index is 13.0. The van der Waals surface area contributed by atoms with Gasteiger partial charge in [0.25, 0.3) is 5.91 Å². The average Bonchev–Trinajstić information content (AvgIpc) is 3.27. The van der Waals surface area contributed by atoms with Gasteiger partial charge in [-0.05, 0) is 29.7 Å². The summed E-state index contributed by atoms with van der Waals surface area (Å²) in [5.41, 5.74) is 3.53. The number of rotatable bonds is 9. The number of carbonyl (C=O) groups excluding carboxylic acids is 3. The average molecular weight is 526 g/mol. The molecule has 0 aromatic heterocycles. The first kappa shape index (κ1) is 25.4. The predicted molar refractivity (Wildman–Crippen MR) is 149 cm³/mol. The number of amides is 3. The van der Waals surface area contributed by atoms with Gasteiger partial charge in [0.15, 0.2) is 5.17 Å². The van der Waals surface area contributed by atoms with E-state index in [-0.39, 0.29) is 24.0 Å². The molecule has 8 nitrogen and oxygen atoms in total. The fourth-order valence-corrected chi connectivity index (χ4v) is 5.20. The molecule has 2 heterocycles. The molecule has 3 aromatic carbocycles. The highest BCUT2D eigenvalue weighted by atomic mass is 32.2. The van der Waals surface area contributed by atoms with Crippen molar-refractivity contribution in [3.8, 4) is 0 Å². The van der Waals surface area contributed by atoms with Crippen LogP contribution in [0.5, 0.6) is 0 Å². The van der Waals surface area contributed by atoms with Gasteiger partial charge >= 0.3 is 0 Å². The molecule has 3 aromatic rings. The number of nitrogens with zero attached hydrogens (tertiary/aromatic N) is 3. The minimum Gasteiger partial charge on any atom is -0.355 e. The highest BCUT2D eigenvalue weighted by Crippen LogP contribution is 2.34. The van der Waals surface area contributed by atoms with Gasteiger partial charge in [-0.2, -0.15) is 4.99 Å². The SMILES string of the molecule is O=C(CSC1=Nc2ccccc2C2=NC(=O)C(CC(=O)NCc3ccccc3)N12)NCCc1ccccc1. The van der Waals surface area contributed by atoms with Crippen LogP contribution in [0.4, 0.5) is 5.69 Å². The van der Waals surface area contributed by atoms with Crippen molar-refractivity contribution in [3.05, 3.63) is 102 Å². The van der Waals surface area contributed by atoms with Crippen LogP contribution in [-0.2, 0) is 27.3 Å². The Labute approximate surface area is 225 Å². The van der Waals surface area contributed by atoms with Gasteiger partial charge in [0.2, 0.25) is 11.8 Å². The first-order chi connectivity index (χ1) is 18.6. The Morgan fingerprint density at radius 2 is 1.50 bits per heavy atom. The number of para-hydroxylation sites is 1. The lowest BCUT2D eigenvalue weighted by Gasteiger charge is -2.30. The van der Waals surface area contributed by atoms with Crippen LogP contribution in [0.15, 0.2) is 94.9 Å². The second-order valence-corrected chi connectivity index (χ2v) is 9.85. The molecule has 0 radical (unpaired) electrons. The molecule has 1 unspecified atom stereocenters. The second-order valence-electron chi connectivity index (χ2n) is 8.91. The van der Waals surface area contributed by atoms with E-state index < -0.39 is 11.9 Å². The Morgan fingerprint density at radius 1 is 0.816 bits per heavy atom. The molecule has 2 aliphatic rings. The van der Waals surface area contributed by atoms with Gasteiger partial charge in [-0.15, -0.1) is 0 Å². The largest absolute Gasteiger partial charge is 0.355 e. The van der Waals surface area contributed by atoms with E-state index in [9.17, 15) is 14.4 Å². The molecule has 1 atom stereocenters. The van der Waals surface area contributed by atoms with Crippen LogP contribution < -0.4 is 10.6 Å². The van der Waals surface area contributed by atoms with E-state index in [2.05, 4.69) is 15.6 Å². The van der Waals surface area contributed by atoms with E-state index in [0.29, 0.717) is 29.8 Å². The molecule has 0 spiro atoms. The zero-order valence-corrected chi connectivity index (χ0v) is 21.5. The minimum atomic E-state index is -0.818. The van der Waals surface area contributed by atoms with Crippen molar-refractivity contribution in [3.63, 3.8) is 0 Å². The number of benzene rings is 3. The van der Waals surface area contributed by atoms with Gasteiger partial charge in [0.1, 0.15) is 11.9 Å². The van der Waals surface area contributed by atoms with Gasteiger partial charge in [0.05, 0.1) is 17.9 Å². The van der Waals surface area contributed by atoms with Crippen molar-refractivity contribution >= 4 is 46.2 Å². The van der Waals surface area contributed by atoms with Crippen molar-refractivity contribution in [1.29, 1.82) is 0 Å². The summed E-state index contributed by atoms with van der Waals surface area (Å²) in [4.78, 5) is 49.1. The van der Waals surface area contributed by atoms with Crippen LogP contribution in [-0.4, -0.2) is 52.0 Å². The number of carbonyl (C=O) groups is 3. The number of fused-ring (bicyclic) bond motifs is 3. The maximum absolute atomic E-state index is 13.0. The molecule has 0 bridgehead atoms. The van der Waals surface area contributed by atoms with Crippen LogP contribution in [0.25, 0.3) is 0 Å². The summed E-state index contributed by atoms with van der Waals surface area (Å²) < 4.78 is 0. The van der Waals surface area contributed by atoms with E-state index >= 15 is 0 Å². The third-order valence-electron chi connectivity index (χ3n) is 6.23. The minimum absolute atomic E-state index is 0.0658. The predicted octanol–water partition coefficient (Wildman–Crippen LogP) is 3.44. The zero-order valence-electron chi connectivity index (χ0n) is 20.7. The van der Waals surface area contributed by atoms with Crippen molar-refractivity contribution in [2.45, 2.75) is 25.4 Å². The fourth-order valence-electron chi connectivity index (χ4n) is 4.32. The third kappa shape index (κ3) is 6.00. The molecule has 3 amide bonds. The van der Waals surface area contributed by atoms with Crippen LogP contribution in [0.2, 0.25) is 0 Å². The van der Waals surface area contributed by atoms with Crippen LogP contribution in [0.1, 0.15) is 23.1 Å². The van der Waals surface area contributed by atoms with E-state index in [0.717, 1.165) is 23.1 Å². The van der Waals surface area contributed by atoms with Gasteiger partial charge in [-0.3, -0.25) is 19.3 Å². The summed E-state index contributed by atoms with van der Waals surface area (Å²) in [6.45, 7) is 0.897. The van der Waals surface area contributed by atoms with Crippen LogP contribution >= 0.6 is 11.8 Å². The zero-order chi connectivity index (χ0) is 26.3. The highest BCUT2D eigenvalue weighted by Gasteiger charge is 2.42. The Kier molecular flexibility index (Phi) is 7.94. The quantitative estimate of drug-likeness (QED) is 0.446. The van der Waals surface area contributed by atoms with Gasteiger partial charge in [0, 0.05) is 18.7 Å². The number of hydrogen-bond acceptors (Lipinski definition) is 6. The Balaban J connectivity index is 1.25. The lowest BCUT2D eigenvalue weighted by Crippen LogP contribution is -2.46. The highest BCUT2D eigenvalue weighted by molar-refractivity contribution is 8.14. The molecule has 0 aliphatic carbocycles. The van der Waals surface area contributed by atoms with E-state index in [4.69, 9.17) is 4.99 Å². The van der Waals surface area contributed by atoms with E-state index in [1.165, 1.54) is 11.8 Å². The molecule has 2 aliphatic heterocycles. The van der Waals surface area contributed by atoms with Crippen LogP contribution in [0, 0.1) is 0 Å². The monoisotopic (exact) mass is 525 g/mol. The molecular weight excluding hydrogens is 498 g/mol. The molecular formula is C29H27N5O3S. The second kappa shape index (κ2) is 11.9. The smallest absolute Gasteiger partial charge is 0.271 e. The number of nitrogens with one attached hydrogen (secondary N) is 2. The summed E-state index contributed by atoms with van der Waals surface area (Å²) in [6, 6.07) is 26.1. The van der Waals surface area contributed by atoms with Crippen molar-refractivity contribution < 1.29 is 14.4 Å². The fraction of sp³-hybridized carbons (Fsp3) is 0.207. The number of amidine groups is 2. The van der Waals surface area contributed by atoms with Gasteiger partial charge < -0.3 is 10.6 Å². The van der Waals surface area contributed by atoms with Gasteiger partial charge in [-0.25, -0.2) is 4.99 Å². The van der Waals surface area contributed by atoms with Crippen molar-refractivity contribution in [2.24, 2.45) is 9.98 Å². The summed E-state index contributed by atoms with van der Waals surface area (Å²) in [7, 11) is 0. The molecule has 9 heteroatoms. The topological polar surface area (TPSA) is 103 Å². The molecule has 0 fully saturated rings. The first-order valence-corrected chi connectivity index (χ1v) is 13.4. The summed E-state index contributed by atoms with van der Waals surface area (Å²) in [5.74, 6) is -0.194. The lowest BCUT2D eigenvalue weighted by molar-refractivity contribution is -0.126. The number of thioether (sulfide) groups is 1. The normalized spacial score (nSPS) is 15.7. The standard InChI is InChI=1S/C29H27N5O3S/c35-25(31-18-21-11-5-2-6-12-21)17-24-28(37)33-27-22-13-7-8-14-23(22)32-29(34(24)27)38-19-26(36)30-16-15-20-9-3-1-4-10-20/h1-14,24H,15-19H2,(H,30,36)(H,31,35). The van der Waals surface area contributed by atoms with Gasteiger partial charge in [-0.1, -0.05) is 84.6 Å². The Bertz CT molecular complexity index is 1390. The lowest BCUT2D eigenvalue weighted by atomic mass is 10.1. The number of aliphatic imine (C=N–C) groups is 2. The van der Waals surface area contributed by atoms with E-state index in [1.807, 2.05) is 84.9 Å². The number of hydrogen-bond donors (Lipinski definition) is 2. The molecule has 0 saturated carbocycles. The molecule has 5 rings (SSSR count). The Morgan fingerprint density at radius 3 is 2.26 bits per heavy atom. The summed E-state index contributed by atoms with van der Waals surface area (Å²) in [5, 5.41) is 6.30. The van der Waals surface area contributed by atoms with E-state index in [1.54, 1.807) is 4.90 Å². The summed E-state index contributed by atoms with van der Waals surface area (Å²) in [6.07, 6.45) is 0.673. The Hall–Kier alpha value is -4.24. The third-order valence-corrected chi connectivity index (χ3v) is 7.18. The molecule has 2 N–H and O–H groups in total. The maximum Gasteiger partial charge on any atom is 0.271 e. The molecule has 0 saturated heterocycles. The van der Waals surface area contributed by atoms with Crippen molar-refractivity contribution in [1.82, 2.24) is 15.5 Å². The molecule has 192 valence electrons. The summed E-state index contributed by atoms with van der Waals surface area (Å²) >= 11 is 1.23. The van der Waals surface area contributed by atoms with Crippen LogP contribution in [0.3, 0.4) is 0 Å². The molecule has 38 heavy (non-hydrogen) atoms. The van der Waals surface area contributed by atoms with Crippen molar-refractivity contribution in [2.75, 3.05) is 12.3 Å². The first-order valence-electron chi connectivity index (χ1n) is 12.4.